The van der Waals surface area contributed by atoms with Gasteiger partial charge in [-0.1, -0.05) is 15.9 Å². The van der Waals surface area contributed by atoms with Crippen LogP contribution in [0.1, 0.15) is 11.4 Å². The van der Waals surface area contributed by atoms with Crippen LogP contribution in [0.4, 0.5) is 0 Å². The molecule has 0 bridgehead atoms. The Morgan fingerprint density at radius 1 is 1.32 bits per heavy atom. The van der Waals surface area contributed by atoms with Crippen molar-refractivity contribution in [2.45, 2.75) is 13.3 Å². The van der Waals surface area contributed by atoms with E-state index in [0.717, 1.165) is 32.9 Å². The van der Waals surface area contributed by atoms with Gasteiger partial charge in [0.05, 0.1) is 17.3 Å². The average Bonchev–Trinajstić information content (AvgIpc) is 2.81. The van der Waals surface area contributed by atoms with Gasteiger partial charge in [0.1, 0.15) is 5.75 Å². The maximum atomic E-state index is 5.84. The number of hydrogen-bond donors (Lipinski definition) is 0. The van der Waals surface area contributed by atoms with Crippen molar-refractivity contribution in [3.8, 4) is 17.0 Å². The van der Waals surface area contributed by atoms with Crippen LogP contribution in [0, 0.1) is 6.92 Å². The Morgan fingerprint density at radius 2 is 2.16 bits per heavy atom. The van der Waals surface area contributed by atoms with Crippen LogP contribution >= 0.6 is 27.3 Å². The molecule has 0 fully saturated rings. The van der Waals surface area contributed by atoms with E-state index in [1.54, 1.807) is 18.4 Å². The van der Waals surface area contributed by atoms with Crippen molar-refractivity contribution >= 4 is 27.3 Å². The summed E-state index contributed by atoms with van der Waals surface area (Å²) >= 11 is 5.12. The zero-order valence-corrected chi connectivity index (χ0v) is 13.4. The molecule has 0 aliphatic heterocycles. The lowest BCUT2D eigenvalue weighted by molar-refractivity contribution is 0.172. The average molecular weight is 342 g/mol. The van der Waals surface area contributed by atoms with E-state index in [4.69, 9.17) is 9.47 Å². The summed E-state index contributed by atoms with van der Waals surface area (Å²) in [5, 5.41) is 3.11. The summed E-state index contributed by atoms with van der Waals surface area (Å²) in [5.74, 6) is 0.857. The van der Waals surface area contributed by atoms with Gasteiger partial charge in [0.15, 0.2) is 0 Å². The monoisotopic (exact) mass is 341 g/mol. The second-order valence-corrected chi connectivity index (χ2v) is 6.06. The maximum Gasteiger partial charge on any atom is 0.129 e. The molecule has 0 radical (unpaired) electrons. The number of halogens is 1. The highest BCUT2D eigenvalue weighted by molar-refractivity contribution is 9.10. The minimum atomic E-state index is 0.639. The third-order valence-electron chi connectivity index (χ3n) is 2.59. The third kappa shape index (κ3) is 4.03. The molecule has 0 saturated heterocycles. The molecule has 5 heteroatoms. The van der Waals surface area contributed by atoms with E-state index in [9.17, 15) is 0 Å². The number of aryl methyl sites for hydroxylation is 1. The van der Waals surface area contributed by atoms with E-state index in [1.165, 1.54) is 0 Å². The van der Waals surface area contributed by atoms with Crippen LogP contribution in [0.25, 0.3) is 11.3 Å². The van der Waals surface area contributed by atoms with Crippen LogP contribution in [0.2, 0.25) is 0 Å². The fourth-order valence-corrected chi connectivity index (χ4v) is 2.65. The second kappa shape index (κ2) is 7.03. The molecule has 0 atom stereocenters. The van der Waals surface area contributed by atoms with Crippen LogP contribution in [0.5, 0.6) is 5.75 Å². The number of methoxy groups -OCH3 is 1. The summed E-state index contributed by atoms with van der Waals surface area (Å²) in [6, 6.07) is 6.02. The summed E-state index contributed by atoms with van der Waals surface area (Å²) in [7, 11) is 1.70. The van der Waals surface area contributed by atoms with E-state index in [2.05, 4.69) is 26.3 Å². The van der Waals surface area contributed by atoms with Crippen molar-refractivity contribution in [1.82, 2.24) is 4.98 Å². The van der Waals surface area contributed by atoms with Crippen molar-refractivity contribution in [1.29, 1.82) is 0 Å². The Kier molecular flexibility index (Phi) is 5.36. The van der Waals surface area contributed by atoms with Crippen LogP contribution < -0.4 is 4.74 Å². The Morgan fingerprint density at radius 3 is 2.84 bits per heavy atom. The van der Waals surface area contributed by atoms with Crippen molar-refractivity contribution < 1.29 is 9.47 Å². The zero-order chi connectivity index (χ0) is 13.7. The molecule has 0 aliphatic carbocycles. The van der Waals surface area contributed by atoms with Gasteiger partial charge in [-0.3, -0.25) is 0 Å². The van der Waals surface area contributed by atoms with Crippen molar-refractivity contribution in [3.05, 3.63) is 33.1 Å². The fourth-order valence-electron chi connectivity index (χ4n) is 1.70. The Bertz CT molecular complexity index is 542. The minimum Gasteiger partial charge on any atom is -0.493 e. The van der Waals surface area contributed by atoms with Crippen LogP contribution in [-0.2, 0) is 4.74 Å². The fraction of sp³-hybridized carbons (Fsp3) is 0.357. The number of benzene rings is 1. The summed E-state index contributed by atoms with van der Waals surface area (Å²) < 4.78 is 11.9. The Labute approximate surface area is 125 Å². The molecule has 0 amide bonds. The summed E-state index contributed by atoms with van der Waals surface area (Å²) in [4.78, 5) is 4.51. The number of hydrogen-bond acceptors (Lipinski definition) is 4. The SMILES string of the molecule is COCCCOc1cc(Br)ccc1-c1csc(C)n1. The molecule has 19 heavy (non-hydrogen) atoms. The number of nitrogens with zero attached hydrogens (tertiary/aromatic N) is 1. The first-order valence-electron chi connectivity index (χ1n) is 6.04. The first kappa shape index (κ1) is 14.5. The predicted molar refractivity (Wildman–Crippen MR) is 82.0 cm³/mol. The van der Waals surface area contributed by atoms with Gasteiger partial charge in [0, 0.05) is 35.6 Å². The molecule has 0 N–H and O–H groups in total. The lowest BCUT2D eigenvalue weighted by Gasteiger charge is -2.10. The van der Waals surface area contributed by atoms with Gasteiger partial charge >= 0.3 is 0 Å². The van der Waals surface area contributed by atoms with E-state index in [-0.39, 0.29) is 0 Å². The van der Waals surface area contributed by atoms with E-state index in [1.807, 2.05) is 25.1 Å². The lowest BCUT2D eigenvalue weighted by Crippen LogP contribution is -2.02. The predicted octanol–water partition coefficient (Wildman–Crippen LogP) is 4.30. The highest BCUT2D eigenvalue weighted by Crippen LogP contribution is 2.33. The van der Waals surface area contributed by atoms with Gasteiger partial charge in [-0.2, -0.15) is 0 Å². The van der Waals surface area contributed by atoms with Gasteiger partial charge < -0.3 is 9.47 Å². The normalized spacial score (nSPS) is 10.7. The molecule has 3 nitrogen and oxygen atoms in total. The molecule has 0 aliphatic rings. The Balaban J connectivity index is 2.18. The molecule has 2 rings (SSSR count). The second-order valence-electron chi connectivity index (χ2n) is 4.09. The smallest absolute Gasteiger partial charge is 0.129 e. The molecular formula is C14H16BrNO2S. The molecule has 1 aromatic heterocycles. The molecule has 2 aromatic rings. The van der Waals surface area contributed by atoms with Crippen molar-refractivity contribution in [2.75, 3.05) is 20.3 Å². The maximum absolute atomic E-state index is 5.84. The van der Waals surface area contributed by atoms with Crippen LogP contribution in [0.15, 0.2) is 28.1 Å². The molecular weight excluding hydrogens is 326 g/mol. The first-order chi connectivity index (χ1) is 9.20. The highest BCUT2D eigenvalue weighted by Gasteiger charge is 2.10. The molecule has 0 saturated carbocycles. The van der Waals surface area contributed by atoms with E-state index >= 15 is 0 Å². The van der Waals surface area contributed by atoms with Crippen LogP contribution in [-0.4, -0.2) is 25.3 Å². The third-order valence-corrected chi connectivity index (χ3v) is 3.86. The van der Waals surface area contributed by atoms with Crippen LogP contribution in [0.3, 0.4) is 0 Å². The summed E-state index contributed by atoms with van der Waals surface area (Å²) in [6.45, 7) is 3.35. The lowest BCUT2D eigenvalue weighted by atomic mass is 10.1. The quantitative estimate of drug-likeness (QED) is 0.734. The molecule has 0 unspecified atom stereocenters. The standard InChI is InChI=1S/C14H16BrNO2S/c1-10-16-13(9-19-10)12-5-4-11(15)8-14(12)18-7-3-6-17-2/h4-5,8-9H,3,6-7H2,1-2H3. The first-order valence-corrected chi connectivity index (χ1v) is 7.72. The molecule has 1 aromatic carbocycles. The highest BCUT2D eigenvalue weighted by atomic mass is 79.9. The molecule has 102 valence electrons. The van der Waals surface area contributed by atoms with Gasteiger partial charge in [0.25, 0.3) is 0 Å². The van der Waals surface area contributed by atoms with E-state index in [0.29, 0.717) is 13.2 Å². The zero-order valence-electron chi connectivity index (χ0n) is 11.0. The largest absolute Gasteiger partial charge is 0.493 e. The molecule has 1 heterocycles. The van der Waals surface area contributed by atoms with Crippen molar-refractivity contribution in [2.24, 2.45) is 0 Å². The summed E-state index contributed by atoms with van der Waals surface area (Å²) in [6.07, 6.45) is 0.874. The van der Waals surface area contributed by atoms with Gasteiger partial charge in [-0.25, -0.2) is 4.98 Å². The van der Waals surface area contributed by atoms with Crippen molar-refractivity contribution in [3.63, 3.8) is 0 Å². The van der Waals surface area contributed by atoms with Gasteiger partial charge in [-0.05, 0) is 25.1 Å². The number of aromatic nitrogens is 1. The van der Waals surface area contributed by atoms with E-state index < -0.39 is 0 Å². The number of rotatable bonds is 6. The topological polar surface area (TPSA) is 31.4 Å². The van der Waals surface area contributed by atoms with Gasteiger partial charge in [-0.15, -0.1) is 11.3 Å². The minimum absolute atomic E-state index is 0.639. The Hall–Kier alpha value is -0.910. The number of thiazole rings is 1. The summed E-state index contributed by atoms with van der Waals surface area (Å²) in [5.41, 5.74) is 2.00. The van der Waals surface area contributed by atoms with Gasteiger partial charge in [0.2, 0.25) is 0 Å². The molecule has 0 spiro atoms. The number of ether oxygens (including phenoxy) is 2.